The number of halogens is 1. The van der Waals surface area contributed by atoms with Crippen LogP contribution < -0.4 is 5.32 Å². The van der Waals surface area contributed by atoms with Crippen molar-refractivity contribution in [2.45, 2.75) is 19.5 Å². The summed E-state index contributed by atoms with van der Waals surface area (Å²) in [6, 6.07) is 8.56. The Labute approximate surface area is 103 Å². The van der Waals surface area contributed by atoms with Crippen LogP contribution in [-0.4, -0.2) is 9.97 Å². The Morgan fingerprint density at radius 3 is 2.94 bits per heavy atom. The number of nitrogens with one attached hydrogen (secondary N) is 2. The van der Waals surface area contributed by atoms with Gasteiger partial charge < -0.3 is 10.3 Å². The number of imidazole rings is 1. The number of hydrogen-bond donors (Lipinski definition) is 2. The standard InChI is InChI=1S/C12H14BrN3/c1-9(11-4-2-3-5-12(11)13)15-7-10-6-14-8-16-10/h2-6,8-9,15H,7H2,1H3,(H,14,16). The highest BCUT2D eigenvalue weighted by Crippen LogP contribution is 2.22. The van der Waals surface area contributed by atoms with Crippen molar-refractivity contribution in [3.05, 3.63) is 52.5 Å². The molecule has 0 spiro atoms. The van der Waals surface area contributed by atoms with Crippen LogP contribution in [0.15, 0.2) is 41.3 Å². The van der Waals surface area contributed by atoms with Gasteiger partial charge in [-0.2, -0.15) is 0 Å². The van der Waals surface area contributed by atoms with Gasteiger partial charge in [0, 0.05) is 29.0 Å². The van der Waals surface area contributed by atoms with E-state index < -0.39 is 0 Å². The van der Waals surface area contributed by atoms with Gasteiger partial charge in [-0.05, 0) is 18.6 Å². The maximum atomic E-state index is 3.99. The van der Waals surface area contributed by atoms with Crippen LogP contribution in [0.25, 0.3) is 0 Å². The molecule has 1 aromatic heterocycles. The molecule has 0 amide bonds. The highest BCUT2D eigenvalue weighted by molar-refractivity contribution is 9.10. The fourth-order valence-electron chi connectivity index (χ4n) is 1.58. The summed E-state index contributed by atoms with van der Waals surface area (Å²) < 4.78 is 1.14. The molecule has 0 aliphatic carbocycles. The molecule has 0 saturated heterocycles. The first-order chi connectivity index (χ1) is 7.77. The lowest BCUT2D eigenvalue weighted by Gasteiger charge is -2.15. The highest BCUT2D eigenvalue weighted by Gasteiger charge is 2.07. The van der Waals surface area contributed by atoms with E-state index in [-0.39, 0.29) is 0 Å². The van der Waals surface area contributed by atoms with Gasteiger partial charge in [-0.3, -0.25) is 0 Å². The second-order valence-corrected chi connectivity index (χ2v) is 4.56. The SMILES string of the molecule is CC(NCc1cnc[nH]1)c1ccccc1Br. The molecular weight excluding hydrogens is 266 g/mol. The Bertz CT molecular complexity index is 439. The quantitative estimate of drug-likeness (QED) is 0.903. The molecule has 0 fully saturated rings. The first kappa shape index (κ1) is 11.4. The number of nitrogens with zero attached hydrogens (tertiary/aromatic N) is 1. The van der Waals surface area contributed by atoms with Crippen molar-refractivity contribution in [1.29, 1.82) is 0 Å². The Kier molecular flexibility index (Phi) is 3.74. The molecule has 1 heterocycles. The minimum Gasteiger partial charge on any atom is -0.347 e. The van der Waals surface area contributed by atoms with Crippen LogP contribution >= 0.6 is 15.9 Å². The second-order valence-electron chi connectivity index (χ2n) is 3.70. The highest BCUT2D eigenvalue weighted by atomic mass is 79.9. The van der Waals surface area contributed by atoms with Crippen molar-refractivity contribution < 1.29 is 0 Å². The van der Waals surface area contributed by atoms with Gasteiger partial charge >= 0.3 is 0 Å². The molecule has 0 aliphatic rings. The van der Waals surface area contributed by atoms with Gasteiger partial charge in [0.05, 0.1) is 6.33 Å². The smallest absolute Gasteiger partial charge is 0.0922 e. The van der Waals surface area contributed by atoms with Crippen LogP contribution in [0.4, 0.5) is 0 Å². The Morgan fingerprint density at radius 1 is 1.44 bits per heavy atom. The van der Waals surface area contributed by atoms with Gasteiger partial charge in [0.25, 0.3) is 0 Å². The van der Waals surface area contributed by atoms with E-state index in [1.165, 1.54) is 5.56 Å². The molecule has 1 atom stereocenters. The van der Waals surface area contributed by atoms with Crippen LogP contribution in [-0.2, 0) is 6.54 Å². The predicted octanol–water partition coefficient (Wildman–Crippen LogP) is 3.02. The number of hydrogen-bond acceptors (Lipinski definition) is 2. The van der Waals surface area contributed by atoms with E-state index in [1.54, 1.807) is 6.33 Å². The molecule has 3 nitrogen and oxygen atoms in total. The lowest BCUT2D eigenvalue weighted by atomic mass is 10.1. The Hall–Kier alpha value is -1.13. The zero-order valence-corrected chi connectivity index (χ0v) is 10.7. The molecule has 2 rings (SSSR count). The molecule has 84 valence electrons. The molecule has 0 saturated carbocycles. The number of aromatic nitrogens is 2. The third kappa shape index (κ3) is 2.71. The topological polar surface area (TPSA) is 40.7 Å². The van der Waals surface area contributed by atoms with Crippen LogP contribution in [0.1, 0.15) is 24.2 Å². The summed E-state index contributed by atoms with van der Waals surface area (Å²) in [5, 5.41) is 3.44. The van der Waals surface area contributed by atoms with Crippen LogP contribution in [0.3, 0.4) is 0 Å². The summed E-state index contributed by atoms with van der Waals surface area (Å²) >= 11 is 3.56. The zero-order valence-electron chi connectivity index (χ0n) is 9.07. The van der Waals surface area contributed by atoms with E-state index in [0.717, 1.165) is 16.7 Å². The van der Waals surface area contributed by atoms with E-state index in [4.69, 9.17) is 0 Å². The number of benzene rings is 1. The third-order valence-electron chi connectivity index (χ3n) is 2.53. The van der Waals surface area contributed by atoms with Crippen molar-refractivity contribution in [2.24, 2.45) is 0 Å². The summed E-state index contributed by atoms with van der Waals surface area (Å²) in [4.78, 5) is 7.06. The number of rotatable bonds is 4. The molecule has 0 bridgehead atoms. The van der Waals surface area contributed by atoms with E-state index in [0.29, 0.717) is 6.04 Å². The maximum Gasteiger partial charge on any atom is 0.0922 e. The first-order valence-electron chi connectivity index (χ1n) is 5.22. The minimum absolute atomic E-state index is 0.305. The van der Waals surface area contributed by atoms with Crippen molar-refractivity contribution >= 4 is 15.9 Å². The average molecular weight is 280 g/mol. The molecule has 0 aliphatic heterocycles. The van der Waals surface area contributed by atoms with Crippen molar-refractivity contribution in [3.63, 3.8) is 0 Å². The van der Waals surface area contributed by atoms with Gasteiger partial charge in [0.2, 0.25) is 0 Å². The maximum absolute atomic E-state index is 3.99. The van der Waals surface area contributed by atoms with Gasteiger partial charge in [-0.15, -0.1) is 0 Å². The van der Waals surface area contributed by atoms with Gasteiger partial charge in [-0.1, -0.05) is 34.1 Å². The molecule has 16 heavy (non-hydrogen) atoms. The normalized spacial score (nSPS) is 12.6. The zero-order chi connectivity index (χ0) is 11.4. The third-order valence-corrected chi connectivity index (χ3v) is 3.25. The van der Waals surface area contributed by atoms with Crippen LogP contribution in [0.5, 0.6) is 0 Å². The fraction of sp³-hybridized carbons (Fsp3) is 0.250. The van der Waals surface area contributed by atoms with Gasteiger partial charge in [-0.25, -0.2) is 4.98 Å². The van der Waals surface area contributed by atoms with Crippen LogP contribution in [0, 0.1) is 0 Å². The summed E-state index contributed by atoms with van der Waals surface area (Å²) in [7, 11) is 0. The fourth-order valence-corrected chi connectivity index (χ4v) is 2.21. The summed E-state index contributed by atoms with van der Waals surface area (Å²) in [5.41, 5.74) is 2.36. The van der Waals surface area contributed by atoms with Gasteiger partial charge in [0.1, 0.15) is 0 Å². The average Bonchev–Trinajstić information content (AvgIpc) is 2.79. The monoisotopic (exact) mass is 279 g/mol. The van der Waals surface area contributed by atoms with Crippen LogP contribution in [0.2, 0.25) is 0 Å². The molecular formula is C12H14BrN3. The van der Waals surface area contributed by atoms with Crippen molar-refractivity contribution in [1.82, 2.24) is 15.3 Å². The summed E-state index contributed by atoms with van der Waals surface area (Å²) in [6.45, 7) is 2.94. The Balaban J connectivity index is 1.98. The second kappa shape index (κ2) is 5.27. The number of H-pyrrole nitrogens is 1. The lowest BCUT2D eigenvalue weighted by Crippen LogP contribution is -2.18. The Morgan fingerprint density at radius 2 is 2.25 bits per heavy atom. The van der Waals surface area contributed by atoms with E-state index in [1.807, 2.05) is 12.3 Å². The number of aromatic amines is 1. The summed E-state index contributed by atoms with van der Waals surface area (Å²) in [6.07, 6.45) is 3.53. The molecule has 1 aromatic carbocycles. The van der Waals surface area contributed by atoms with Crippen molar-refractivity contribution in [3.8, 4) is 0 Å². The molecule has 2 N–H and O–H groups in total. The van der Waals surface area contributed by atoms with E-state index in [2.05, 4.69) is 56.3 Å². The molecule has 4 heteroatoms. The summed E-state index contributed by atoms with van der Waals surface area (Å²) in [5.74, 6) is 0. The van der Waals surface area contributed by atoms with Crippen molar-refractivity contribution in [2.75, 3.05) is 0 Å². The van der Waals surface area contributed by atoms with E-state index >= 15 is 0 Å². The molecule has 2 aromatic rings. The molecule has 1 unspecified atom stereocenters. The van der Waals surface area contributed by atoms with E-state index in [9.17, 15) is 0 Å². The first-order valence-corrected chi connectivity index (χ1v) is 6.01. The largest absolute Gasteiger partial charge is 0.347 e. The minimum atomic E-state index is 0.305. The molecule has 0 radical (unpaired) electrons. The predicted molar refractivity (Wildman–Crippen MR) is 68.0 cm³/mol. The van der Waals surface area contributed by atoms with Gasteiger partial charge in [0.15, 0.2) is 0 Å². The lowest BCUT2D eigenvalue weighted by molar-refractivity contribution is 0.567.